The molecule has 1 atom stereocenters. The zero-order valence-corrected chi connectivity index (χ0v) is 16.2. The number of aliphatic hydroxyl groups is 2. The first kappa shape index (κ1) is 9.29. The maximum atomic E-state index is 10.9. The van der Waals surface area contributed by atoms with Crippen LogP contribution in [0.2, 0.25) is 0 Å². The van der Waals surface area contributed by atoms with E-state index in [4.69, 9.17) is 29.4 Å². The van der Waals surface area contributed by atoms with Gasteiger partial charge in [-0.05, 0) is 61.7 Å². The first-order chi connectivity index (χ1) is 21.5. The summed E-state index contributed by atoms with van der Waals surface area (Å²) in [5.74, 6) is -1.10. The van der Waals surface area contributed by atoms with Crippen LogP contribution < -0.4 is 5.32 Å². The molecule has 0 saturated heterocycles. The number of hydrogen-bond acceptors (Lipinski definition) is 5. The quantitative estimate of drug-likeness (QED) is 0.300. The first-order valence-electron chi connectivity index (χ1n) is 18.1. The third kappa shape index (κ3) is 9.72. The Morgan fingerprint density at radius 2 is 1.90 bits per heavy atom. The first-order valence-corrected chi connectivity index (χ1v) is 9.12. The van der Waals surface area contributed by atoms with Gasteiger partial charge in [-0.2, -0.15) is 0 Å². The predicted octanol–water partition coefficient (Wildman–Crippen LogP) is 4.11. The van der Waals surface area contributed by atoms with E-state index in [0.717, 1.165) is 5.56 Å². The van der Waals surface area contributed by atoms with Crippen LogP contribution >= 0.6 is 0 Å². The fourth-order valence-corrected chi connectivity index (χ4v) is 2.21. The average Bonchev–Trinajstić information content (AvgIpc) is 2.95. The number of benzene rings is 2. The number of nitrogens with one attached hydrogen (secondary N) is 1. The number of aryl methyl sites for hydroxylation is 1. The highest BCUT2D eigenvalue weighted by Crippen LogP contribution is 2.22. The number of aromatic hydroxyl groups is 1. The van der Waals surface area contributed by atoms with E-state index in [2.05, 4.69) is 0 Å². The van der Waals surface area contributed by atoms with Gasteiger partial charge in [-0.1, -0.05) is 49.1 Å². The van der Waals surface area contributed by atoms with Crippen LogP contribution in [0.1, 0.15) is 85.8 Å². The zero-order valence-electron chi connectivity index (χ0n) is 34.2. The van der Waals surface area contributed by atoms with Gasteiger partial charge in [-0.15, -0.1) is 0 Å². The van der Waals surface area contributed by atoms with Crippen LogP contribution in [-0.4, -0.2) is 41.5 Å². The molecule has 5 nitrogen and oxygen atoms in total. The SMILES string of the molecule is [2H]c1c([2H])c(C([2H])(O)C([2H])([2H])NC([2H])([2H])C([2H])([2H])C([2H])([2H])C([2H])([2H])C([2H])([2H])C([2H])([2H])OCCCCc2ccccc2)c([2H])c(CO)c1O. The van der Waals surface area contributed by atoms with Gasteiger partial charge in [0.15, 0.2) is 0 Å². The summed E-state index contributed by atoms with van der Waals surface area (Å²) in [5, 5.41) is 31.5. The van der Waals surface area contributed by atoms with E-state index in [1.165, 1.54) is 5.32 Å². The van der Waals surface area contributed by atoms with Gasteiger partial charge in [0.2, 0.25) is 0 Å². The molecule has 0 aliphatic rings. The summed E-state index contributed by atoms with van der Waals surface area (Å²) in [6, 6.07) is 5.46. The highest BCUT2D eigenvalue weighted by molar-refractivity contribution is 5.36. The molecule has 0 saturated carbocycles. The van der Waals surface area contributed by atoms with E-state index in [9.17, 15) is 15.3 Å². The van der Waals surface area contributed by atoms with Crippen LogP contribution in [-0.2, 0) is 17.8 Å². The Kier molecular flexibility index (Phi) is 4.63. The molecule has 166 valence electrons. The van der Waals surface area contributed by atoms with Crippen molar-refractivity contribution >= 4 is 0 Å². The second kappa shape index (κ2) is 15.0. The molecule has 1 unspecified atom stereocenters. The van der Waals surface area contributed by atoms with Crippen molar-refractivity contribution in [1.82, 2.24) is 5.32 Å². The Balaban J connectivity index is 2.40. The molecule has 0 aliphatic carbocycles. The van der Waals surface area contributed by atoms with Gasteiger partial charge >= 0.3 is 0 Å². The highest BCUT2D eigenvalue weighted by Gasteiger charge is 2.09. The molecule has 0 bridgehead atoms. The normalized spacial score (nSPS) is 25.4. The Morgan fingerprint density at radius 3 is 2.70 bits per heavy atom. The molecular weight excluding hydrogens is 378 g/mol. The monoisotopic (exact) mass is 433 g/mol. The minimum Gasteiger partial charge on any atom is -0.508 e. The Bertz CT molecular complexity index is 1440. The van der Waals surface area contributed by atoms with Gasteiger partial charge in [-0.25, -0.2) is 0 Å². The number of ether oxygens (including phenoxy) is 1. The van der Waals surface area contributed by atoms with Crippen LogP contribution in [0, 0.1) is 0 Å². The zero-order chi connectivity index (χ0) is 37.5. The number of hydrogen-bond donors (Lipinski definition) is 4. The second-order valence-corrected chi connectivity index (χ2v) is 5.85. The minimum absolute atomic E-state index is 0.168. The van der Waals surface area contributed by atoms with E-state index >= 15 is 0 Å². The molecule has 0 radical (unpaired) electrons. The van der Waals surface area contributed by atoms with Gasteiger partial charge < -0.3 is 25.4 Å². The van der Waals surface area contributed by atoms with Crippen LogP contribution in [0.5, 0.6) is 5.75 Å². The van der Waals surface area contributed by atoms with E-state index in [1.54, 1.807) is 0 Å². The average molecular weight is 434 g/mol. The van der Waals surface area contributed by atoms with Crippen molar-refractivity contribution in [3.05, 3.63) is 65.1 Å². The summed E-state index contributed by atoms with van der Waals surface area (Å²) in [6.45, 7) is -13.5. The lowest BCUT2D eigenvalue weighted by atomic mass is 10.1. The fraction of sp³-hybridized carbons (Fsp3) is 0.520. The molecule has 5 heteroatoms. The van der Waals surface area contributed by atoms with E-state index < -0.39 is 99.3 Å². The standard InChI is InChI=1S/C25H37NO4/c27-20-23-18-22(13-14-24(23)28)25(29)19-26-15-7-1-2-8-16-30-17-9-6-12-21-10-4-3-5-11-21/h3-5,10-11,13-14,18,25-29H,1-2,6-9,12,15-17,19-20H2/i1D2,2D2,7D2,8D2,13D,14D,15D2,16D2,18D,19D2,25D. The Morgan fingerprint density at radius 1 is 1.10 bits per heavy atom. The van der Waals surface area contributed by atoms with Crippen molar-refractivity contribution < 1.29 is 44.7 Å². The molecule has 30 heavy (non-hydrogen) atoms. The summed E-state index contributed by atoms with van der Waals surface area (Å²) in [5.41, 5.74) is -1.24. The van der Waals surface area contributed by atoms with Gasteiger partial charge in [0.25, 0.3) is 0 Å². The van der Waals surface area contributed by atoms with E-state index in [1.807, 2.05) is 30.3 Å². The lowest BCUT2D eigenvalue weighted by molar-refractivity contribution is 0.126. The number of aliphatic hydroxyl groups excluding tert-OH is 1. The van der Waals surface area contributed by atoms with Gasteiger partial charge in [-0.3, -0.25) is 0 Å². The van der Waals surface area contributed by atoms with Crippen LogP contribution in [0.4, 0.5) is 0 Å². The van der Waals surface area contributed by atoms with E-state index in [0.29, 0.717) is 12.8 Å². The van der Waals surface area contributed by atoms with Gasteiger partial charge in [0, 0.05) is 41.7 Å². The van der Waals surface area contributed by atoms with Crippen molar-refractivity contribution in [3.8, 4) is 5.75 Å². The molecule has 2 aromatic rings. The fourth-order valence-electron chi connectivity index (χ4n) is 2.21. The Labute approximate surface area is 206 Å². The third-order valence-electron chi connectivity index (χ3n) is 3.68. The maximum absolute atomic E-state index is 10.9. The molecule has 0 amide bonds. The summed E-state index contributed by atoms with van der Waals surface area (Å²) < 4.78 is 152. The van der Waals surface area contributed by atoms with Gasteiger partial charge in [0.05, 0.1) is 20.9 Å². The van der Waals surface area contributed by atoms with Crippen molar-refractivity contribution in [2.75, 3.05) is 26.2 Å². The second-order valence-electron chi connectivity index (χ2n) is 5.85. The lowest BCUT2D eigenvalue weighted by Crippen LogP contribution is -2.22. The molecule has 0 fully saturated rings. The summed E-state index contributed by atoms with van der Waals surface area (Å²) in [6.07, 6.45) is -19.9. The lowest BCUT2D eigenvalue weighted by Gasteiger charge is -2.14. The number of unbranched alkanes of at least 4 members (excludes halogenated alkanes) is 1. The third-order valence-corrected chi connectivity index (χ3v) is 3.68. The predicted molar refractivity (Wildman–Crippen MR) is 121 cm³/mol. The van der Waals surface area contributed by atoms with Gasteiger partial charge in [0.1, 0.15) is 5.75 Å². The summed E-state index contributed by atoms with van der Waals surface area (Å²) in [4.78, 5) is 0. The smallest absolute Gasteiger partial charge is 0.121 e. The topological polar surface area (TPSA) is 82.0 Å². The molecule has 0 aliphatic heterocycles. The minimum atomic E-state index is -4.38. The highest BCUT2D eigenvalue weighted by atomic mass is 16.5. The van der Waals surface area contributed by atoms with Crippen molar-refractivity contribution in [2.45, 2.75) is 57.4 Å². The van der Waals surface area contributed by atoms with Crippen LogP contribution in [0.3, 0.4) is 0 Å². The molecule has 4 N–H and O–H groups in total. The maximum Gasteiger partial charge on any atom is 0.121 e. The van der Waals surface area contributed by atoms with E-state index in [-0.39, 0.29) is 6.42 Å². The summed E-state index contributed by atoms with van der Waals surface area (Å²) >= 11 is 0. The van der Waals surface area contributed by atoms with Crippen LogP contribution in [0.25, 0.3) is 0 Å². The number of rotatable bonds is 16. The van der Waals surface area contributed by atoms with Crippen molar-refractivity contribution in [1.29, 1.82) is 0 Å². The molecular formula is C25H37NO4. The van der Waals surface area contributed by atoms with Crippen molar-refractivity contribution in [3.63, 3.8) is 0 Å². The van der Waals surface area contributed by atoms with Crippen LogP contribution in [0.15, 0.2) is 48.5 Å². The summed E-state index contributed by atoms with van der Waals surface area (Å²) in [7, 11) is 0. The molecule has 2 aromatic carbocycles. The largest absolute Gasteiger partial charge is 0.508 e. The number of phenols is 1. The molecule has 0 spiro atoms. The molecule has 0 heterocycles. The Hall–Kier alpha value is -1.92. The molecule has 0 aromatic heterocycles. The molecule has 2 rings (SSSR count). The van der Waals surface area contributed by atoms with Crippen molar-refractivity contribution in [2.24, 2.45) is 0 Å².